The Morgan fingerprint density at radius 1 is 1.36 bits per heavy atom. The van der Waals surface area contributed by atoms with Gasteiger partial charge in [-0.3, -0.25) is 10.1 Å². The van der Waals surface area contributed by atoms with Gasteiger partial charge in [0.2, 0.25) is 0 Å². The second-order valence-corrected chi connectivity index (χ2v) is 8.39. The van der Waals surface area contributed by atoms with Gasteiger partial charge in [0, 0.05) is 25.2 Å². The minimum Gasteiger partial charge on any atom is -0.480 e. The summed E-state index contributed by atoms with van der Waals surface area (Å²) in [6.45, 7) is 5.75. The molecule has 0 spiro atoms. The molecule has 0 radical (unpaired) electrons. The van der Waals surface area contributed by atoms with Gasteiger partial charge in [-0.15, -0.1) is 0 Å². The van der Waals surface area contributed by atoms with E-state index >= 15 is 0 Å². The van der Waals surface area contributed by atoms with E-state index in [2.05, 4.69) is 4.98 Å². The third-order valence-corrected chi connectivity index (χ3v) is 5.21. The second kappa shape index (κ2) is 7.23. The molecule has 1 aromatic carbocycles. The molecule has 28 heavy (non-hydrogen) atoms. The highest BCUT2D eigenvalue weighted by Gasteiger charge is 2.37. The topological polar surface area (TPSA) is 126 Å². The number of amides is 1. The van der Waals surface area contributed by atoms with Crippen molar-refractivity contribution in [1.29, 1.82) is 0 Å². The highest BCUT2D eigenvalue weighted by Crippen LogP contribution is 2.33. The van der Waals surface area contributed by atoms with Crippen LogP contribution in [0.5, 0.6) is 0 Å². The molecule has 1 saturated heterocycles. The maximum absolute atomic E-state index is 12.3. The number of piperazine rings is 1. The minimum absolute atomic E-state index is 0.0413. The highest BCUT2D eigenvalue weighted by atomic mass is 32.1. The van der Waals surface area contributed by atoms with Gasteiger partial charge in [0.25, 0.3) is 5.69 Å². The zero-order valence-corrected chi connectivity index (χ0v) is 16.4. The number of nitro benzene ring substituents is 1. The van der Waals surface area contributed by atoms with Gasteiger partial charge in [0.15, 0.2) is 5.13 Å². The average molecular weight is 408 g/mol. The van der Waals surface area contributed by atoms with E-state index in [1.165, 1.54) is 28.4 Å². The van der Waals surface area contributed by atoms with E-state index < -0.39 is 28.6 Å². The van der Waals surface area contributed by atoms with Crippen LogP contribution >= 0.6 is 11.3 Å². The Morgan fingerprint density at radius 2 is 2.07 bits per heavy atom. The molecule has 0 bridgehead atoms. The summed E-state index contributed by atoms with van der Waals surface area (Å²) in [4.78, 5) is 41.9. The van der Waals surface area contributed by atoms with Crippen molar-refractivity contribution in [3.63, 3.8) is 0 Å². The lowest BCUT2D eigenvalue weighted by molar-refractivity contribution is -0.384. The molecule has 1 amide bonds. The van der Waals surface area contributed by atoms with Crippen molar-refractivity contribution < 1.29 is 24.4 Å². The molecule has 0 aliphatic carbocycles. The average Bonchev–Trinajstić information content (AvgIpc) is 3.02. The van der Waals surface area contributed by atoms with E-state index in [4.69, 9.17) is 4.74 Å². The number of non-ortho nitro benzene ring substituents is 1. The molecule has 1 fully saturated rings. The molecule has 1 atom stereocenters. The Kier molecular flexibility index (Phi) is 5.11. The molecule has 3 rings (SSSR count). The Bertz CT molecular complexity index is 937. The van der Waals surface area contributed by atoms with Crippen molar-refractivity contribution in [3.8, 4) is 0 Å². The largest absolute Gasteiger partial charge is 0.480 e. The summed E-state index contributed by atoms with van der Waals surface area (Å²) in [6.07, 6.45) is -0.557. The first-order chi connectivity index (χ1) is 13.0. The van der Waals surface area contributed by atoms with Crippen molar-refractivity contribution in [2.45, 2.75) is 32.4 Å². The fourth-order valence-corrected chi connectivity index (χ4v) is 3.88. The zero-order chi connectivity index (χ0) is 20.6. The molecule has 1 aliphatic heterocycles. The number of hydrogen-bond acceptors (Lipinski definition) is 8. The van der Waals surface area contributed by atoms with E-state index in [1.807, 2.05) is 0 Å². The number of carboxylic acids is 1. The Balaban J connectivity index is 1.84. The summed E-state index contributed by atoms with van der Waals surface area (Å²) in [5.41, 5.74) is -0.309. The van der Waals surface area contributed by atoms with Gasteiger partial charge in [0.05, 0.1) is 21.7 Å². The molecular formula is C17H20N4O6S. The molecule has 10 nitrogen and oxygen atoms in total. The number of aliphatic carboxylic acids is 1. The highest BCUT2D eigenvalue weighted by molar-refractivity contribution is 7.22. The maximum atomic E-state index is 12.3. The minimum atomic E-state index is -1.08. The van der Waals surface area contributed by atoms with Crippen LogP contribution in [0.3, 0.4) is 0 Å². The number of thiazole rings is 1. The summed E-state index contributed by atoms with van der Waals surface area (Å²) in [7, 11) is 0. The van der Waals surface area contributed by atoms with Crippen LogP contribution < -0.4 is 4.90 Å². The van der Waals surface area contributed by atoms with Crippen LogP contribution in [0.15, 0.2) is 18.2 Å². The van der Waals surface area contributed by atoms with Crippen molar-refractivity contribution in [2.75, 3.05) is 24.5 Å². The van der Waals surface area contributed by atoms with Gasteiger partial charge in [0.1, 0.15) is 11.6 Å². The molecule has 150 valence electrons. The smallest absolute Gasteiger partial charge is 0.410 e. The number of benzene rings is 1. The number of rotatable bonds is 3. The SMILES string of the molecule is CC(C)(C)OC(=O)N1CCN(c2nc3cc([N+](=O)[O-])ccc3s2)C(C(=O)O)C1. The van der Waals surface area contributed by atoms with E-state index in [1.54, 1.807) is 31.7 Å². The quantitative estimate of drug-likeness (QED) is 0.607. The first kappa shape index (κ1) is 19.8. The van der Waals surface area contributed by atoms with E-state index in [-0.39, 0.29) is 25.3 Å². The van der Waals surface area contributed by atoms with Crippen molar-refractivity contribution in [2.24, 2.45) is 0 Å². The number of anilines is 1. The normalized spacial score (nSPS) is 17.6. The Morgan fingerprint density at radius 3 is 2.68 bits per heavy atom. The van der Waals surface area contributed by atoms with E-state index in [0.717, 1.165) is 4.70 Å². The molecule has 1 aromatic heterocycles. The molecule has 1 N–H and O–H groups in total. The van der Waals surface area contributed by atoms with Crippen LogP contribution in [0.1, 0.15) is 20.8 Å². The molecule has 1 unspecified atom stereocenters. The number of nitro groups is 1. The van der Waals surface area contributed by atoms with Gasteiger partial charge in [-0.25, -0.2) is 14.6 Å². The van der Waals surface area contributed by atoms with Crippen molar-refractivity contribution in [3.05, 3.63) is 28.3 Å². The Labute approximate surface area is 164 Å². The van der Waals surface area contributed by atoms with Crippen molar-refractivity contribution in [1.82, 2.24) is 9.88 Å². The number of aromatic nitrogens is 1. The zero-order valence-electron chi connectivity index (χ0n) is 15.6. The van der Waals surface area contributed by atoms with Gasteiger partial charge >= 0.3 is 12.1 Å². The second-order valence-electron chi connectivity index (χ2n) is 7.38. The summed E-state index contributed by atoms with van der Waals surface area (Å²) in [5.74, 6) is -1.08. The lowest BCUT2D eigenvalue weighted by atomic mass is 10.2. The van der Waals surface area contributed by atoms with E-state index in [9.17, 15) is 24.8 Å². The Hall–Kier alpha value is -2.95. The number of ether oxygens (including phenoxy) is 1. The van der Waals surface area contributed by atoms with E-state index in [0.29, 0.717) is 10.6 Å². The first-order valence-corrected chi connectivity index (χ1v) is 9.39. The van der Waals surface area contributed by atoms with Gasteiger partial charge in [-0.1, -0.05) is 11.3 Å². The van der Waals surface area contributed by atoms with Crippen molar-refractivity contribution >= 4 is 44.4 Å². The number of carbonyl (C=O) groups is 2. The fourth-order valence-electron chi connectivity index (χ4n) is 2.86. The monoisotopic (exact) mass is 408 g/mol. The van der Waals surface area contributed by atoms with Crippen LogP contribution in [0.2, 0.25) is 0 Å². The van der Waals surface area contributed by atoms with Crippen LogP contribution in [0, 0.1) is 10.1 Å². The van der Waals surface area contributed by atoms with Gasteiger partial charge in [-0.2, -0.15) is 0 Å². The van der Waals surface area contributed by atoms with Crippen LogP contribution in [-0.4, -0.2) is 63.3 Å². The fraction of sp³-hybridized carbons (Fsp3) is 0.471. The number of carboxylic acid groups (broad SMARTS) is 1. The summed E-state index contributed by atoms with van der Waals surface area (Å²) in [5, 5.41) is 21.0. The maximum Gasteiger partial charge on any atom is 0.410 e. The van der Waals surface area contributed by atoms with Crippen LogP contribution in [0.25, 0.3) is 10.2 Å². The molecule has 11 heteroatoms. The predicted molar refractivity (Wildman–Crippen MR) is 103 cm³/mol. The summed E-state index contributed by atoms with van der Waals surface area (Å²) in [6, 6.07) is 3.36. The molecule has 2 heterocycles. The number of nitrogens with zero attached hydrogens (tertiary/aromatic N) is 4. The predicted octanol–water partition coefficient (Wildman–Crippen LogP) is 2.71. The first-order valence-electron chi connectivity index (χ1n) is 8.57. The summed E-state index contributed by atoms with van der Waals surface area (Å²) < 4.78 is 6.05. The van der Waals surface area contributed by atoms with Gasteiger partial charge in [-0.05, 0) is 26.8 Å². The molecule has 0 saturated carbocycles. The molecular weight excluding hydrogens is 388 g/mol. The number of carbonyl (C=O) groups excluding carboxylic acids is 1. The third kappa shape index (κ3) is 4.14. The standard InChI is InChI=1S/C17H20N4O6S/c1-17(2,3)27-16(24)19-6-7-20(12(9-19)14(22)23)15-18-11-8-10(21(25)26)4-5-13(11)28-15/h4-5,8,12H,6-7,9H2,1-3H3,(H,22,23). The van der Waals surface area contributed by atoms with Gasteiger partial charge < -0.3 is 19.6 Å². The number of fused-ring (bicyclic) bond motifs is 1. The van der Waals surface area contributed by atoms with Crippen LogP contribution in [0.4, 0.5) is 15.6 Å². The molecule has 2 aromatic rings. The number of hydrogen-bond donors (Lipinski definition) is 1. The third-order valence-electron chi connectivity index (χ3n) is 4.13. The van der Waals surface area contributed by atoms with Crippen LogP contribution in [-0.2, 0) is 9.53 Å². The summed E-state index contributed by atoms with van der Waals surface area (Å²) >= 11 is 1.26. The lowest BCUT2D eigenvalue weighted by Gasteiger charge is -2.39. The molecule has 1 aliphatic rings. The lowest BCUT2D eigenvalue weighted by Crippen LogP contribution is -2.58.